The first kappa shape index (κ1) is 15.1. The number of benzene rings is 2. The maximum absolute atomic E-state index is 12.7. The molecule has 0 aromatic heterocycles. The van der Waals surface area contributed by atoms with Gasteiger partial charge in [-0.25, -0.2) is 4.39 Å². The number of nitro benzene ring substituents is 1. The Balaban J connectivity index is 2.00. The number of carbonyl (C=O) groups is 2. The van der Waals surface area contributed by atoms with Crippen molar-refractivity contribution in [2.24, 2.45) is 0 Å². The quantitative estimate of drug-likeness (QED) is 0.667. The fourth-order valence-electron chi connectivity index (χ4n) is 1.62. The van der Waals surface area contributed by atoms with Gasteiger partial charge in [0.2, 0.25) is 0 Å². The zero-order valence-corrected chi connectivity index (χ0v) is 11.1. The molecule has 2 rings (SSSR count). The predicted molar refractivity (Wildman–Crippen MR) is 74.4 cm³/mol. The van der Waals surface area contributed by atoms with Gasteiger partial charge >= 0.3 is 0 Å². The second kappa shape index (κ2) is 6.44. The number of hydrogen-bond acceptors (Lipinski definition) is 4. The highest BCUT2D eigenvalue weighted by Gasteiger charge is 2.12. The van der Waals surface area contributed by atoms with Crippen molar-refractivity contribution >= 4 is 17.5 Å². The summed E-state index contributed by atoms with van der Waals surface area (Å²) in [6.07, 6.45) is 0. The van der Waals surface area contributed by atoms with Crippen LogP contribution in [0, 0.1) is 15.9 Å². The zero-order chi connectivity index (χ0) is 16.1. The average Bonchev–Trinajstić information content (AvgIpc) is 2.53. The third-order valence-electron chi connectivity index (χ3n) is 2.72. The molecule has 0 saturated carbocycles. The number of hydrazine groups is 1. The number of carbonyl (C=O) groups excluding carboxylic acids is 2. The summed E-state index contributed by atoms with van der Waals surface area (Å²) in [7, 11) is 0. The standard InChI is InChI=1S/C14H10FN3O4/c15-11-6-4-9(5-7-11)13(19)16-17-14(20)10-2-1-3-12(8-10)18(21)22/h1-8H,(H,16,19)(H,17,20). The Labute approximate surface area is 123 Å². The summed E-state index contributed by atoms with van der Waals surface area (Å²) in [6.45, 7) is 0. The Morgan fingerprint density at radius 2 is 1.55 bits per heavy atom. The van der Waals surface area contributed by atoms with Gasteiger partial charge in [-0.3, -0.25) is 30.6 Å². The maximum Gasteiger partial charge on any atom is 0.270 e. The molecule has 112 valence electrons. The summed E-state index contributed by atoms with van der Waals surface area (Å²) >= 11 is 0. The van der Waals surface area contributed by atoms with Crippen LogP contribution in [0.4, 0.5) is 10.1 Å². The van der Waals surface area contributed by atoms with E-state index in [4.69, 9.17) is 0 Å². The summed E-state index contributed by atoms with van der Waals surface area (Å²) in [4.78, 5) is 33.5. The summed E-state index contributed by atoms with van der Waals surface area (Å²) < 4.78 is 12.7. The van der Waals surface area contributed by atoms with Crippen LogP contribution in [0.2, 0.25) is 0 Å². The van der Waals surface area contributed by atoms with Crippen LogP contribution in [-0.4, -0.2) is 16.7 Å². The van der Waals surface area contributed by atoms with Gasteiger partial charge in [0.1, 0.15) is 5.82 Å². The van der Waals surface area contributed by atoms with Crippen LogP contribution in [0.5, 0.6) is 0 Å². The summed E-state index contributed by atoms with van der Waals surface area (Å²) in [5.74, 6) is -1.84. The number of non-ortho nitro benzene ring substituents is 1. The first-order chi connectivity index (χ1) is 10.5. The molecule has 7 nitrogen and oxygen atoms in total. The molecule has 0 atom stereocenters. The lowest BCUT2D eigenvalue weighted by atomic mass is 10.2. The molecule has 0 heterocycles. The fourth-order valence-corrected chi connectivity index (χ4v) is 1.62. The lowest BCUT2D eigenvalue weighted by molar-refractivity contribution is -0.384. The van der Waals surface area contributed by atoms with Crippen LogP contribution in [-0.2, 0) is 0 Å². The highest BCUT2D eigenvalue weighted by molar-refractivity contribution is 5.99. The molecule has 0 spiro atoms. The minimum absolute atomic E-state index is 0.0219. The van der Waals surface area contributed by atoms with Crippen LogP contribution < -0.4 is 10.9 Å². The third kappa shape index (κ3) is 3.63. The van der Waals surface area contributed by atoms with E-state index in [0.29, 0.717) is 0 Å². The van der Waals surface area contributed by atoms with E-state index < -0.39 is 22.6 Å². The van der Waals surface area contributed by atoms with Crippen molar-refractivity contribution < 1.29 is 18.9 Å². The summed E-state index contributed by atoms with van der Waals surface area (Å²) in [5, 5.41) is 10.6. The van der Waals surface area contributed by atoms with Gasteiger partial charge in [0.05, 0.1) is 4.92 Å². The molecular weight excluding hydrogens is 293 g/mol. The second-order valence-corrected chi connectivity index (χ2v) is 4.22. The van der Waals surface area contributed by atoms with E-state index in [1.165, 1.54) is 30.3 Å². The van der Waals surface area contributed by atoms with Crippen molar-refractivity contribution in [1.29, 1.82) is 0 Å². The van der Waals surface area contributed by atoms with Gasteiger partial charge in [0, 0.05) is 23.3 Å². The molecule has 0 bridgehead atoms. The van der Waals surface area contributed by atoms with Gasteiger partial charge < -0.3 is 0 Å². The van der Waals surface area contributed by atoms with Gasteiger partial charge in [-0.05, 0) is 30.3 Å². The topological polar surface area (TPSA) is 101 Å². The van der Waals surface area contributed by atoms with Crippen molar-refractivity contribution in [3.05, 3.63) is 75.6 Å². The number of nitrogens with zero attached hydrogens (tertiary/aromatic N) is 1. The fraction of sp³-hybridized carbons (Fsp3) is 0. The van der Waals surface area contributed by atoms with Crippen LogP contribution in [0.3, 0.4) is 0 Å². The van der Waals surface area contributed by atoms with E-state index in [0.717, 1.165) is 18.2 Å². The molecule has 0 aliphatic carbocycles. The highest BCUT2D eigenvalue weighted by Crippen LogP contribution is 2.12. The number of hydrogen-bond donors (Lipinski definition) is 2. The van der Waals surface area contributed by atoms with E-state index in [2.05, 4.69) is 10.9 Å². The highest BCUT2D eigenvalue weighted by atomic mass is 19.1. The lowest BCUT2D eigenvalue weighted by Gasteiger charge is -2.07. The Morgan fingerprint density at radius 3 is 2.14 bits per heavy atom. The maximum atomic E-state index is 12.7. The number of nitrogens with one attached hydrogen (secondary N) is 2. The SMILES string of the molecule is O=C(NNC(=O)c1cccc([N+](=O)[O-])c1)c1ccc(F)cc1. The van der Waals surface area contributed by atoms with Crippen LogP contribution in [0.15, 0.2) is 48.5 Å². The van der Waals surface area contributed by atoms with Gasteiger partial charge in [-0.15, -0.1) is 0 Å². The molecule has 8 heteroatoms. The predicted octanol–water partition coefficient (Wildman–Crippen LogP) is 1.81. The monoisotopic (exact) mass is 303 g/mol. The zero-order valence-electron chi connectivity index (χ0n) is 11.1. The number of rotatable bonds is 3. The smallest absolute Gasteiger partial charge is 0.267 e. The average molecular weight is 303 g/mol. The Bertz CT molecular complexity index is 731. The lowest BCUT2D eigenvalue weighted by Crippen LogP contribution is -2.41. The molecule has 2 aromatic carbocycles. The van der Waals surface area contributed by atoms with E-state index in [1.54, 1.807) is 0 Å². The Kier molecular flexibility index (Phi) is 4.42. The van der Waals surface area contributed by atoms with Gasteiger partial charge in [0.15, 0.2) is 0 Å². The molecule has 0 aliphatic rings. The molecular formula is C14H10FN3O4. The Hall–Kier alpha value is -3.29. The van der Waals surface area contributed by atoms with E-state index >= 15 is 0 Å². The summed E-state index contributed by atoms with van der Waals surface area (Å²) in [6, 6.07) is 9.78. The molecule has 0 unspecified atom stereocenters. The Morgan fingerprint density at radius 1 is 0.955 bits per heavy atom. The normalized spacial score (nSPS) is 9.86. The van der Waals surface area contributed by atoms with Crippen molar-refractivity contribution in [1.82, 2.24) is 10.9 Å². The third-order valence-corrected chi connectivity index (χ3v) is 2.72. The molecule has 0 fully saturated rings. The molecule has 0 radical (unpaired) electrons. The van der Waals surface area contributed by atoms with Crippen LogP contribution in [0.25, 0.3) is 0 Å². The summed E-state index contributed by atoms with van der Waals surface area (Å²) in [5.41, 5.74) is 4.19. The number of halogens is 1. The van der Waals surface area contributed by atoms with Crippen molar-refractivity contribution in [2.75, 3.05) is 0 Å². The minimum Gasteiger partial charge on any atom is -0.267 e. The molecule has 0 saturated heterocycles. The molecule has 22 heavy (non-hydrogen) atoms. The first-order valence-electron chi connectivity index (χ1n) is 6.08. The van der Waals surface area contributed by atoms with Gasteiger partial charge in [-0.2, -0.15) is 0 Å². The van der Waals surface area contributed by atoms with Crippen molar-refractivity contribution in [3.8, 4) is 0 Å². The van der Waals surface area contributed by atoms with Gasteiger partial charge in [0.25, 0.3) is 17.5 Å². The van der Waals surface area contributed by atoms with E-state index in [1.807, 2.05) is 0 Å². The molecule has 2 N–H and O–H groups in total. The minimum atomic E-state index is -0.709. The second-order valence-electron chi connectivity index (χ2n) is 4.22. The van der Waals surface area contributed by atoms with Crippen molar-refractivity contribution in [2.45, 2.75) is 0 Å². The number of amides is 2. The van der Waals surface area contributed by atoms with Gasteiger partial charge in [-0.1, -0.05) is 6.07 Å². The van der Waals surface area contributed by atoms with E-state index in [-0.39, 0.29) is 16.8 Å². The first-order valence-corrected chi connectivity index (χ1v) is 6.08. The van der Waals surface area contributed by atoms with E-state index in [9.17, 15) is 24.1 Å². The largest absolute Gasteiger partial charge is 0.270 e. The van der Waals surface area contributed by atoms with Crippen LogP contribution in [0.1, 0.15) is 20.7 Å². The molecule has 0 aliphatic heterocycles. The van der Waals surface area contributed by atoms with Crippen molar-refractivity contribution in [3.63, 3.8) is 0 Å². The van der Waals surface area contributed by atoms with Crippen LogP contribution >= 0.6 is 0 Å². The number of nitro groups is 1. The molecule has 2 aromatic rings. The molecule has 2 amide bonds.